The zero-order valence-electron chi connectivity index (χ0n) is 7.20. The van der Waals surface area contributed by atoms with Crippen LogP contribution in [-0.2, 0) is 9.47 Å². The molecule has 0 amide bonds. The number of hydrogen-bond donors (Lipinski definition) is 4. The molecule has 0 aromatic rings. The normalized spacial score (nSPS) is 42.2. The standard InChI is InChI=1S/C7H14O6/c1-12-7-5(11)4(10)6(13-7)3(9)2-8/h3-11H,2H2,1H3/t3-,4+,5-,6+,7-/m1/s1. The Morgan fingerprint density at radius 1 is 1.38 bits per heavy atom. The molecule has 13 heavy (non-hydrogen) atoms. The maximum absolute atomic E-state index is 9.33. The molecular weight excluding hydrogens is 180 g/mol. The van der Waals surface area contributed by atoms with Gasteiger partial charge in [0, 0.05) is 7.11 Å². The van der Waals surface area contributed by atoms with Gasteiger partial charge in [-0.25, -0.2) is 0 Å². The van der Waals surface area contributed by atoms with E-state index in [1.165, 1.54) is 7.11 Å². The van der Waals surface area contributed by atoms with Crippen molar-refractivity contribution in [3.8, 4) is 0 Å². The summed E-state index contributed by atoms with van der Waals surface area (Å²) in [4.78, 5) is 0. The molecule has 1 aliphatic rings. The molecule has 1 fully saturated rings. The van der Waals surface area contributed by atoms with Crippen LogP contribution >= 0.6 is 0 Å². The molecule has 0 spiro atoms. The van der Waals surface area contributed by atoms with Gasteiger partial charge in [0.15, 0.2) is 6.29 Å². The van der Waals surface area contributed by atoms with E-state index in [0.717, 1.165) is 0 Å². The summed E-state index contributed by atoms with van der Waals surface area (Å²) in [6, 6.07) is 0. The summed E-state index contributed by atoms with van der Waals surface area (Å²) in [6.07, 6.45) is -5.63. The van der Waals surface area contributed by atoms with Gasteiger partial charge in [0.1, 0.15) is 24.4 Å². The molecule has 0 bridgehead atoms. The summed E-state index contributed by atoms with van der Waals surface area (Å²) in [6.45, 7) is -0.537. The second-order valence-electron chi connectivity index (χ2n) is 2.94. The molecule has 0 radical (unpaired) electrons. The molecule has 6 heteroatoms. The van der Waals surface area contributed by atoms with E-state index in [9.17, 15) is 10.2 Å². The van der Waals surface area contributed by atoms with Crippen molar-refractivity contribution >= 4 is 0 Å². The third-order valence-electron chi connectivity index (χ3n) is 2.06. The molecule has 0 aromatic heterocycles. The van der Waals surface area contributed by atoms with Gasteiger partial charge >= 0.3 is 0 Å². The van der Waals surface area contributed by atoms with Crippen LogP contribution in [0.3, 0.4) is 0 Å². The lowest BCUT2D eigenvalue weighted by Crippen LogP contribution is -2.40. The van der Waals surface area contributed by atoms with Gasteiger partial charge in [0.05, 0.1) is 6.61 Å². The monoisotopic (exact) mass is 194 g/mol. The van der Waals surface area contributed by atoms with Gasteiger partial charge in [-0.3, -0.25) is 0 Å². The van der Waals surface area contributed by atoms with Crippen molar-refractivity contribution in [2.75, 3.05) is 13.7 Å². The Morgan fingerprint density at radius 3 is 2.38 bits per heavy atom. The number of methoxy groups -OCH3 is 1. The topological polar surface area (TPSA) is 99.4 Å². The third kappa shape index (κ3) is 1.98. The van der Waals surface area contributed by atoms with Crippen LogP contribution in [0.5, 0.6) is 0 Å². The summed E-state index contributed by atoms with van der Waals surface area (Å²) in [5, 5.41) is 36.4. The van der Waals surface area contributed by atoms with E-state index in [1.807, 2.05) is 0 Å². The van der Waals surface area contributed by atoms with Crippen LogP contribution in [0.1, 0.15) is 0 Å². The summed E-state index contributed by atoms with van der Waals surface area (Å²) in [5.41, 5.74) is 0. The Kier molecular flexibility index (Phi) is 3.60. The smallest absolute Gasteiger partial charge is 0.186 e. The second kappa shape index (κ2) is 4.32. The highest BCUT2D eigenvalue weighted by Crippen LogP contribution is 2.23. The van der Waals surface area contributed by atoms with E-state index in [-0.39, 0.29) is 0 Å². The number of aliphatic hydroxyl groups excluding tert-OH is 4. The first-order valence-corrected chi connectivity index (χ1v) is 3.95. The minimum atomic E-state index is -1.24. The van der Waals surface area contributed by atoms with E-state index in [0.29, 0.717) is 0 Å². The minimum Gasteiger partial charge on any atom is -0.394 e. The molecule has 0 saturated carbocycles. The zero-order valence-corrected chi connectivity index (χ0v) is 7.20. The highest BCUT2D eigenvalue weighted by Gasteiger charge is 2.45. The maximum atomic E-state index is 9.33. The SMILES string of the molecule is CO[C@@H]1O[C@@H]([C@H](O)CO)[C@@H](O)[C@H]1O. The molecule has 6 nitrogen and oxygen atoms in total. The average Bonchev–Trinajstić information content (AvgIpc) is 2.43. The summed E-state index contributed by atoms with van der Waals surface area (Å²) in [5.74, 6) is 0. The van der Waals surface area contributed by atoms with Gasteiger partial charge in [-0.05, 0) is 0 Å². The van der Waals surface area contributed by atoms with Gasteiger partial charge in [-0.2, -0.15) is 0 Å². The molecule has 1 heterocycles. The van der Waals surface area contributed by atoms with Gasteiger partial charge in [0.2, 0.25) is 0 Å². The van der Waals surface area contributed by atoms with E-state index in [4.69, 9.17) is 19.7 Å². The van der Waals surface area contributed by atoms with Crippen LogP contribution in [0, 0.1) is 0 Å². The lowest BCUT2D eigenvalue weighted by molar-refractivity contribution is -0.166. The fourth-order valence-corrected chi connectivity index (χ4v) is 1.29. The van der Waals surface area contributed by atoms with Crippen LogP contribution in [-0.4, -0.2) is 64.8 Å². The van der Waals surface area contributed by atoms with Crippen molar-refractivity contribution in [1.82, 2.24) is 0 Å². The summed E-state index contributed by atoms with van der Waals surface area (Å²) < 4.78 is 9.65. The van der Waals surface area contributed by atoms with E-state index in [2.05, 4.69) is 0 Å². The molecule has 0 unspecified atom stereocenters. The van der Waals surface area contributed by atoms with Crippen LogP contribution in [0.25, 0.3) is 0 Å². The number of hydrogen-bond acceptors (Lipinski definition) is 6. The van der Waals surface area contributed by atoms with Crippen molar-refractivity contribution in [2.45, 2.75) is 30.7 Å². The summed E-state index contributed by atoms with van der Waals surface area (Å²) in [7, 11) is 1.31. The highest BCUT2D eigenvalue weighted by molar-refractivity contribution is 4.90. The number of rotatable bonds is 3. The Balaban J connectivity index is 2.60. The fraction of sp³-hybridized carbons (Fsp3) is 1.00. The Bertz CT molecular complexity index is 163. The van der Waals surface area contributed by atoms with E-state index >= 15 is 0 Å². The summed E-state index contributed by atoms with van der Waals surface area (Å²) >= 11 is 0. The fourth-order valence-electron chi connectivity index (χ4n) is 1.29. The van der Waals surface area contributed by atoms with Crippen LogP contribution in [0.2, 0.25) is 0 Å². The lowest BCUT2D eigenvalue weighted by atomic mass is 10.1. The van der Waals surface area contributed by atoms with Crippen molar-refractivity contribution in [3.05, 3.63) is 0 Å². The Hall–Kier alpha value is -0.240. The quantitative estimate of drug-likeness (QED) is 0.394. The van der Waals surface area contributed by atoms with E-state index < -0.39 is 37.3 Å². The predicted molar refractivity (Wildman–Crippen MR) is 40.8 cm³/mol. The van der Waals surface area contributed by atoms with Crippen molar-refractivity contribution in [2.24, 2.45) is 0 Å². The van der Waals surface area contributed by atoms with Crippen molar-refractivity contribution in [1.29, 1.82) is 0 Å². The van der Waals surface area contributed by atoms with Crippen LogP contribution in [0.4, 0.5) is 0 Å². The Labute approximate surface area is 75.3 Å². The molecule has 0 aliphatic carbocycles. The first-order valence-electron chi connectivity index (χ1n) is 3.95. The first kappa shape index (κ1) is 10.8. The minimum absolute atomic E-state index is 0.537. The average molecular weight is 194 g/mol. The predicted octanol–water partition coefficient (Wildman–Crippen LogP) is -2.57. The molecule has 5 atom stereocenters. The van der Waals surface area contributed by atoms with Crippen molar-refractivity contribution in [3.63, 3.8) is 0 Å². The highest BCUT2D eigenvalue weighted by atomic mass is 16.7. The second-order valence-corrected chi connectivity index (χ2v) is 2.94. The van der Waals surface area contributed by atoms with Crippen LogP contribution in [0.15, 0.2) is 0 Å². The molecule has 4 N–H and O–H groups in total. The molecule has 78 valence electrons. The third-order valence-corrected chi connectivity index (χ3v) is 2.06. The number of aliphatic hydroxyl groups is 4. The molecule has 0 aromatic carbocycles. The molecule has 1 saturated heterocycles. The number of ether oxygens (including phenoxy) is 2. The first-order chi connectivity index (χ1) is 6.11. The van der Waals surface area contributed by atoms with Gasteiger partial charge in [0.25, 0.3) is 0 Å². The van der Waals surface area contributed by atoms with Crippen LogP contribution < -0.4 is 0 Å². The lowest BCUT2D eigenvalue weighted by Gasteiger charge is -2.18. The molecule has 1 aliphatic heterocycles. The van der Waals surface area contributed by atoms with E-state index in [1.54, 1.807) is 0 Å². The Morgan fingerprint density at radius 2 is 2.00 bits per heavy atom. The maximum Gasteiger partial charge on any atom is 0.186 e. The van der Waals surface area contributed by atoms with Crippen molar-refractivity contribution < 1.29 is 29.9 Å². The molecule has 1 rings (SSSR count). The van der Waals surface area contributed by atoms with Gasteiger partial charge in [-0.1, -0.05) is 0 Å². The molecular formula is C7H14O6. The van der Waals surface area contributed by atoms with Gasteiger partial charge in [-0.15, -0.1) is 0 Å². The largest absolute Gasteiger partial charge is 0.394 e. The zero-order chi connectivity index (χ0) is 10.0. The van der Waals surface area contributed by atoms with Gasteiger partial charge < -0.3 is 29.9 Å².